The van der Waals surface area contributed by atoms with Crippen molar-refractivity contribution in [2.45, 2.75) is 38.5 Å². The largest absolute Gasteiger partial charge is 0.519 e. The Kier molecular flexibility index (Phi) is 9.45. The molecule has 0 atom stereocenters. The summed E-state index contributed by atoms with van der Waals surface area (Å²) in [5.41, 5.74) is 0.283. The molecule has 2 aromatic carbocycles. The second kappa shape index (κ2) is 12.3. The van der Waals surface area contributed by atoms with Crippen molar-refractivity contribution < 1.29 is 32.9 Å². The summed E-state index contributed by atoms with van der Waals surface area (Å²) >= 11 is 0. The molecule has 9 nitrogen and oxygen atoms in total. The van der Waals surface area contributed by atoms with Gasteiger partial charge in [0.2, 0.25) is 0 Å². The number of rotatable bonds is 12. The predicted molar refractivity (Wildman–Crippen MR) is 111 cm³/mol. The monoisotopic (exact) mass is 452 g/mol. The molecule has 0 spiro atoms. The Labute approximate surface area is 182 Å². The number of nitro benzene ring substituents is 2. The minimum Gasteiger partial charge on any atom is -0.394 e. The number of nitro groups is 2. The highest BCUT2D eigenvalue weighted by atomic mass is 19.1. The Balaban J connectivity index is 2.20. The van der Waals surface area contributed by atoms with Crippen LogP contribution in [0.1, 0.15) is 36.8 Å². The second-order valence-corrected chi connectivity index (χ2v) is 6.84. The molecule has 0 heterocycles. The highest BCUT2D eigenvalue weighted by Gasteiger charge is 2.18. The lowest BCUT2D eigenvalue weighted by molar-refractivity contribution is -0.385. The Bertz CT molecular complexity index is 894. The van der Waals surface area contributed by atoms with Gasteiger partial charge in [-0.3, -0.25) is 29.0 Å². The van der Waals surface area contributed by atoms with E-state index in [1.807, 2.05) is 0 Å². The van der Waals surface area contributed by atoms with Crippen molar-refractivity contribution in [3.8, 4) is 11.5 Å². The van der Waals surface area contributed by atoms with Crippen LogP contribution in [-0.2, 0) is 12.8 Å². The number of hydrogen-bond acceptors (Lipinski definition) is 7. The summed E-state index contributed by atoms with van der Waals surface area (Å²) < 4.78 is 35.2. The molecule has 2 aromatic rings. The fourth-order valence-electron chi connectivity index (χ4n) is 2.97. The normalized spacial score (nSPS) is 10.6. The van der Waals surface area contributed by atoms with Gasteiger partial charge in [-0.15, -0.1) is 0 Å². The SMILES string of the molecule is O=C(Oc1ccc([N+](=O)[O-])cc1CCCCF)Oc1ccc([N+](=O)[O-])cc1CCCCF. The van der Waals surface area contributed by atoms with E-state index in [0.717, 1.165) is 12.1 Å². The maximum Gasteiger partial charge on any atom is 0.519 e. The molecule has 32 heavy (non-hydrogen) atoms. The number of alkyl halides is 2. The molecule has 172 valence electrons. The quantitative estimate of drug-likeness (QED) is 0.134. The van der Waals surface area contributed by atoms with E-state index < -0.39 is 29.4 Å². The summed E-state index contributed by atoms with van der Waals surface area (Å²) in [6.07, 6.45) is 0.635. The molecule has 0 aliphatic heterocycles. The number of aryl methyl sites for hydroxylation is 2. The summed E-state index contributed by atoms with van der Waals surface area (Å²) in [5.74, 6) is 0.0562. The third kappa shape index (κ3) is 7.25. The summed E-state index contributed by atoms with van der Waals surface area (Å²) in [7, 11) is 0. The van der Waals surface area contributed by atoms with E-state index in [0.29, 0.717) is 24.0 Å². The molecule has 0 aromatic heterocycles. The van der Waals surface area contributed by atoms with Crippen LogP contribution in [-0.4, -0.2) is 29.4 Å². The van der Waals surface area contributed by atoms with Gasteiger partial charge < -0.3 is 9.47 Å². The van der Waals surface area contributed by atoms with Gasteiger partial charge in [0.25, 0.3) is 11.4 Å². The van der Waals surface area contributed by atoms with Gasteiger partial charge in [0, 0.05) is 35.4 Å². The van der Waals surface area contributed by atoms with Crippen LogP contribution in [0.4, 0.5) is 25.0 Å². The third-order valence-corrected chi connectivity index (χ3v) is 4.56. The van der Waals surface area contributed by atoms with Crippen LogP contribution in [0.15, 0.2) is 36.4 Å². The number of carbonyl (C=O) groups excluding carboxylic acids is 1. The first-order valence-corrected chi connectivity index (χ1v) is 9.92. The third-order valence-electron chi connectivity index (χ3n) is 4.56. The number of non-ortho nitro benzene ring substituents is 2. The van der Waals surface area contributed by atoms with Crippen LogP contribution < -0.4 is 9.47 Å². The maximum atomic E-state index is 12.4. The van der Waals surface area contributed by atoms with E-state index in [2.05, 4.69) is 0 Å². The number of hydrogen-bond donors (Lipinski definition) is 0. The lowest BCUT2D eigenvalue weighted by Gasteiger charge is -2.12. The van der Waals surface area contributed by atoms with Crippen molar-refractivity contribution in [1.29, 1.82) is 0 Å². The van der Waals surface area contributed by atoms with Gasteiger partial charge in [0.1, 0.15) is 11.5 Å². The molecule has 0 bridgehead atoms. The number of benzene rings is 2. The zero-order valence-corrected chi connectivity index (χ0v) is 17.1. The number of nitrogens with zero attached hydrogens (tertiary/aromatic N) is 2. The summed E-state index contributed by atoms with van der Waals surface area (Å²) in [6.45, 7) is -1.09. The first-order valence-electron chi connectivity index (χ1n) is 9.92. The average molecular weight is 452 g/mol. The van der Waals surface area contributed by atoms with Crippen molar-refractivity contribution >= 4 is 17.5 Å². The number of unbranched alkanes of at least 4 members (excludes halogenated alkanes) is 2. The minimum absolute atomic E-state index is 0.0281. The highest BCUT2D eigenvalue weighted by Crippen LogP contribution is 2.29. The summed E-state index contributed by atoms with van der Waals surface area (Å²) in [4.78, 5) is 33.2. The summed E-state index contributed by atoms with van der Waals surface area (Å²) in [5, 5.41) is 22.0. The molecule has 0 aliphatic rings. The second-order valence-electron chi connectivity index (χ2n) is 6.84. The molecule has 0 aliphatic carbocycles. The summed E-state index contributed by atoms with van der Waals surface area (Å²) in [6, 6.07) is 7.32. The van der Waals surface area contributed by atoms with Crippen LogP contribution in [0.2, 0.25) is 0 Å². The van der Waals surface area contributed by atoms with Gasteiger partial charge >= 0.3 is 6.16 Å². The number of halogens is 2. The fourth-order valence-corrected chi connectivity index (χ4v) is 2.97. The Hall–Kier alpha value is -3.63. The first kappa shape index (κ1) is 24.6. The molecule has 0 N–H and O–H groups in total. The van der Waals surface area contributed by atoms with Gasteiger partial charge in [-0.1, -0.05) is 0 Å². The molecular formula is C21H22F2N2O7. The number of carbonyl (C=O) groups is 1. The predicted octanol–water partition coefficient (Wildman–Crippen LogP) is 5.67. The Morgan fingerprint density at radius 2 is 1.16 bits per heavy atom. The topological polar surface area (TPSA) is 122 Å². The van der Waals surface area contributed by atoms with E-state index in [1.165, 1.54) is 24.3 Å². The first-order chi connectivity index (χ1) is 15.3. The van der Waals surface area contributed by atoms with Crippen LogP contribution in [0, 0.1) is 20.2 Å². The zero-order valence-electron chi connectivity index (χ0n) is 17.1. The maximum absolute atomic E-state index is 12.4. The standard InChI is InChI=1S/C21H22F2N2O7/c22-11-3-1-5-15-13-17(24(27)28)7-9-19(15)31-21(26)32-20-10-8-18(25(29)30)14-16(20)6-2-4-12-23/h7-10,13-14H,1-6,11-12H2. The minimum atomic E-state index is -1.15. The molecule has 0 fully saturated rings. The van der Waals surface area contributed by atoms with E-state index in [-0.39, 0.29) is 48.6 Å². The van der Waals surface area contributed by atoms with Gasteiger partial charge in [-0.2, -0.15) is 0 Å². The van der Waals surface area contributed by atoms with E-state index in [1.54, 1.807) is 0 Å². The van der Waals surface area contributed by atoms with E-state index in [9.17, 15) is 33.8 Å². The molecule has 0 radical (unpaired) electrons. The Morgan fingerprint density at radius 3 is 1.50 bits per heavy atom. The molecular weight excluding hydrogens is 430 g/mol. The van der Waals surface area contributed by atoms with Crippen LogP contribution in [0.3, 0.4) is 0 Å². The van der Waals surface area contributed by atoms with Gasteiger partial charge in [0.15, 0.2) is 0 Å². The van der Waals surface area contributed by atoms with Gasteiger partial charge in [-0.25, -0.2) is 4.79 Å². The van der Waals surface area contributed by atoms with Crippen molar-refractivity contribution in [2.75, 3.05) is 13.3 Å². The zero-order chi connectivity index (χ0) is 23.5. The van der Waals surface area contributed by atoms with E-state index >= 15 is 0 Å². The molecule has 0 unspecified atom stereocenters. The fraction of sp³-hybridized carbons (Fsp3) is 0.381. The molecule has 2 rings (SSSR count). The van der Waals surface area contributed by atoms with Crippen LogP contribution in [0.5, 0.6) is 11.5 Å². The van der Waals surface area contributed by atoms with Crippen LogP contribution >= 0.6 is 0 Å². The van der Waals surface area contributed by atoms with Gasteiger partial charge in [0.05, 0.1) is 23.2 Å². The highest BCUT2D eigenvalue weighted by molar-refractivity contribution is 5.69. The number of ether oxygens (including phenoxy) is 2. The van der Waals surface area contributed by atoms with Crippen molar-refractivity contribution in [1.82, 2.24) is 0 Å². The average Bonchev–Trinajstić information content (AvgIpc) is 2.75. The van der Waals surface area contributed by atoms with Crippen molar-refractivity contribution in [2.24, 2.45) is 0 Å². The molecule has 0 saturated carbocycles. The van der Waals surface area contributed by atoms with Crippen molar-refractivity contribution in [3.05, 3.63) is 67.8 Å². The smallest absolute Gasteiger partial charge is 0.394 e. The lowest BCUT2D eigenvalue weighted by atomic mass is 10.1. The van der Waals surface area contributed by atoms with Gasteiger partial charge in [-0.05, 0) is 50.7 Å². The van der Waals surface area contributed by atoms with E-state index in [4.69, 9.17) is 9.47 Å². The van der Waals surface area contributed by atoms with Crippen LogP contribution in [0.25, 0.3) is 0 Å². The lowest BCUT2D eigenvalue weighted by Crippen LogP contribution is -2.16. The molecule has 0 amide bonds. The molecule has 0 saturated heterocycles. The Morgan fingerprint density at radius 1 is 0.750 bits per heavy atom. The molecule has 11 heteroatoms. The van der Waals surface area contributed by atoms with Crippen molar-refractivity contribution in [3.63, 3.8) is 0 Å².